The fourth-order valence-corrected chi connectivity index (χ4v) is 1.07. The summed E-state index contributed by atoms with van der Waals surface area (Å²) in [5.41, 5.74) is 0. The van der Waals surface area contributed by atoms with E-state index in [0.717, 1.165) is 3.57 Å². The third kappa shape index (κ3) is 2.81. The predicted octanol–water partition coefficient (Wildman–Crippen LogP) is 2.61. The van der Waals surface area contributed by atoms with E-state index in [2.05, 4.69) is 22.6 Å². The summed E-state index contributed by atoms with van der Waals surface area (Å²) in [6.07, 6.45) is 0.409. The Labute approximate surface area is 85.1 Å². The van der Waals surface area contributed by atoms with Gasteiger partial charge in [-0.25, -0.2) is 0 Å². The Hall–Kier alpha value is -0.580. The monoisotopic (exact) mass is 276 g/mol. The van der Waals surface area contributed by atoms with E-state index in [4.69, 9.17) is 4.74 Å². The lowest BCUT2D eigenvalue weighted by molar-refractivity contribution is -0.134. The summed E-state index contributed by atoms with van der Waals surface area (Å²) in [6, 6.07) is 7.38. The van der Waals surface area contributed by atoms with Gasteiger partial charge in [0.2, 0.25) is 0 Å². The van der Waals surface area contributed by atoms with Crippen LogP contribution >= 0.6 is 22.6 Å². The molecule has 0 saturated carbocycles. The number of hydrogen-bond donors (Lipinski definition) is 0. The molecule has 0 amide bonds. The normalized spacial score (nSPS) is 9.50. The molecule has 0 aliphatic heterocycles. The second-order valence-electron chi connectivity index (χ2n) is 2.28. The average molecular weight is 276 g/mol. The lowest BCUT2D eigenvalue weighted by Gasteiger charge is -2.01. The van der Waals surface area contributed by atoms with E-state index < -0.39 is 0 Å². The van der Waals surface area contributed by atoms with Crippen LogP contribution in [0.2, 0.25) is 0 Å². The van der Waals surface area contributed by atoms with Crippen molar-refractivity contribution in [3.05, 3.63) is 27.8 Å². The minimum Gasteiger partial charge on any atom is -0.427 e. The molecule has 0 aliphatic carbocycles. The molecule has 64 valence electrons. The molecule has 1 rings (SSSR count). The molecule has 0 atom stereocenters. The number of ether oxygens (including phenoxy) is 1. The summed E-state index contributed by atoms with van der Waals surface area (Å²) in [5, 5.41) is 0. The van der Waals surface area contributed by atoms with E-state index >= 15 is 0 Å². The molecule has 0 bridgehead atoms. The van der Waals surface area contributed by atoms with Crippen molar-refractivity contribution in [2.24, 2.45) is 0 Å². The first-order chi connectivity index (χ1) is 5.72. The van der Waals surface area contributed by atoms with E-state index in [9.17, 15) is 4.79 Å². The van der Waals surface area contributed by atoms with Gasteiger partial charge < -0.3 is 4.74 Å². The van der Waals surface area contributed by atoms with Gasteiger partial charge in [-0.3, -0.25) is 4.79 Å². The van der Waals surface area contributed by atoms with Crippen molar-refractivity contribution in [1.82, 2.24) is 0 Å². The summed E-state index contributed by atoms with van der Waals surface area (Å²) in [5.74, 6) is 0.415. The molecule has 0 saturated heterocycles. The van der Waals surface area contributed by atoms with Gasteiger partial charge in [0.1, 0.15) is 5.75 Å². The Kier molecular flexibility index (Phi) is 3.52. The van der Waals surface area contributed by atoms with Crippen LogP contribution < -0.4 is 4.74 Å². The summed E-state index contributed by atoms with van der Waals surface area (Å²) in [4.78, 5) is 10.8. The molecular weight excluding hydrogens is 267 g/mol. The van der Waals surface area contributed by atoms with Gasteiger partial charge in [-0.2, -0.15) is 0 Å². The van der Waals surface area contributed by atoms with Crippen LogP contribution in [0.15, 0.2) is 24.3 Å². The first kappa shape index (κ1) is 9.51. The number of hydrogen-bond acceptors (Lipinski definition) is 2. The molecule has 0 radical (unpaired) electrons. The van der Waals surface area contributed by atoms with Crippen molar-refractivity contribution in [2.45, 2.75) is 13.3 Å². The van der Waals surface area contributed by atoms with Gasteiger partial charge in [0.15, 0.2) is 0 Å². The number of esters is 1. The first-order valence-electron chi connectivity index (χ1n) is 3.68. The fourth-order valence-electron chi connectivity index (χ4n) is 0.706. The van der Waals surface area contributed by atoms with Gasteiger partial charge in [0.05, 0.1) is 0 Å². The van der Waals surface area contributed by atoms with Crippen molar-refractivity contribution in [3.63, 3.8) is 0 Å². The number of rotatable bonds is 2. The van der Waals surface area contributed by atoms with E-state index in [-0.39, 0.29) is 5.97 Å². The first-order valence-corrected chi connectivity index (χ1v) is 4.76. The van der Waals surface area contributed by atoms with E-state index in [1.54, 1.807) is 19.1 Å². The molecule has 0 unspecified atom stereocenters. The summed E-state index contributed by atoms with van der Waals surface area (Å²) in [7, 11) is 0. The molecule has 0 N–H and O–H groups in total. The van der Waals surface area contributed by atoms with Crippen LogP contribution in [0.4, 0.5) is 0 Å². The molecule has 0 aliphatic rings. The zero-order valence-electron chi connectivity index (χ0n) is 6.71. The zero-order valence-corrected chi connectivity index (χ0v) is 8.87. The van der Waals surface area contributed by atoms with Crippen molar-refractivity contribution >= 4 is 28.6 Å². The molecule has 12 heavy (non-hydrogen) atoms. The molecule has 0 fully saturated rings. The topological polar surface area (TPSA) is 26.3 Å². The highest BCUT2D eigenvalue weighted by Crippen LogP contribution is 2.13. The van der Waals surface area contributed by atoms with Gasteiger partial charge in [0, 0.05) is 9.99 Å². The lowest BCUT2D eigenvalue weighted by atomic mass is 10.3. The summed E-state index contributed by atoms with van der Waals surface area (Å²) >= 11 is 2.20. The maximum absolute atomic E-state index is 10.8. The Morgan fingerprint density at radius 2 is 2.00 bits per heavy atom. The quantitative estimate of drug-likeness (QED) is 0.471. The Morgan fingerprint density at radius 1 is 1.42 bits per heavy atom. The van der Waals surface area contributed by atoms with Gasteiger partial charge >= 0.3 is 5.97 Å². The predicted molar refractivity (Wildman–Crippen MR) is 55.1 cm³/mol. The molecular formula is C9H9IO2. The maximum Gasteiger partial charge on any atom is 0.310 e. The second-order valence-corrected chi connectivity index (χ2v) is 3.53. The number of halogens is 1. The van der Waals surface area contributed by atoms with E-state index in [0.29, 0.717) is 12.2 Å². The Morgan fingerprint density at radius 3 is 2.50 bits per heavy atom. The fraction of sp³-hybridized carbons (Fsp3) is 0.222. The average Bonchev–Trinajstić information content (AvgIpc) is 2.09. The van der Waals surface area contributed by atoms with Crippen molar-refractivity contribution < 1.29 is 9.53 Å². The van der Waals surface area contributed by atoms with Crippen LogP contribution in [-0.2, 0) is 4.79 Å². The molecule has 3 heteroatoms. The van der Waals surface area contributed by atoms with Crippen LogP contribution in [0.25, 0.3) is 0 Å². The highest BCUT2D eigenvalue weighted by molar-refractivity contribution is 14.1. The van der Waals surface area contributed by atoms with Crippen LogP contribution in [0.5, 0.6) is 5.75 Å². The number of benzene rings is 1. The standard InChI is InChI=1S/C9H9IO2/c1-2-9(11)12-8-5-3-7(10)4-6-8/h3-6H,2H2,1H3. The number of carbonyl (C=O) groups is 1. The van der Waals surface area contributed by atoms with Crippen molar-refractivity contribution in [2.75, 3.05) is 0 Å². The Balaban J connectivity index is 2.64. The molecule has 0 heterocycles. The van der Waals surface area contributed by atoms with Gasteiger partial charge in [-0.05, 0) is 46.9 Å². The van der Waals surface area contributed by atoms with E-state index in [1.807, 2.05) is 12.1 Å². The molecule has 0 spiro atoms. The minimum absolute atomic E-state index is 0.198. The minimum atomic E-state index is -0.198. The van der Waals surface area contributed by atoms with Crippen LogP contribution in [0.1, 0.15) is 13.3 Å². The van der Waals surface area contributed by atoms with Gasteiger partial charge in [-0.1, -0.05) is 6.92 Å². The largest absolute Gasteiger partial charge is 0.427 e. The maximum atomic E-state index is 10.8. The molecule has 1 aromatic rings. The van der Waals surface area contributed by atoms with Crippen LogP contribution in [0, 0.1) is 3.57 Å². The second kappa shape index (κ2) is 4.45. The summed E-state index contributed by atoms with van der Waals surface area (Å²) < 4.78 is 6.10. The zero-order chi connectivity index (χ0) is 8.97. The number of carbonyl (C=O) groups excluding carboxylic acids is 1. The molecule has 1 aromatic carbocycles. The lowest BCUT2D eigenvalue weighted by Crippen LogP contribution is -2.05. The third-order valence-electron chi connectivity index (χ3n) is 1.33. The van der Waals surface area contributed by atoms with Gasteiger partial charge in [-0.15, -0.1) is 0 Å². The van der Waals surface area contributed by atoms with Crippen molar-refractivity contribution in [3.8, 4) is 5.75 Å². The van der Waals surface area contributed by atoms with Crippen LogP contribution in [0.3, 0.4) is 0 Å². The van der Waals surface area contributed by atoms with Gasteiger partial charge in [0.25, 0.3) is 0 Å². The third-order valence-corrected chi connectivity index (χ3v) is 2.05. The Bertz CT molecular complexity index is 266. The smallest absolute Gasteiger partial charge is 0.310 e. The van der Waals surface area contributed by atoms with E-state index in [1.165, 1.54) is 0 Å². The molecule has 2 nitrogen and oxygen atoms in total. The summed E-state index contributed by atoms with van der Waals surface area (Å²) in [6.45, 7) is 1.77. The SMILES string of the molecule is CCC(=O)Oc1ccc(I)cc1. The highest BCUT2D eigenvalue weighted by atomic mass is 127. The van der Waals surface area contributed by atoms with Crippen molar-refractivity contribution in [1.29, 1.82) is 0 Å². The molecule has 0 aromatic heterocycles. The highest BCUT2D eigenvalue weighted by Gasteiger charge is 1.99. The van der Waals surface area contributed by atoms with Crippen LogP contribution in [-0.4, -0.2) is 5.97 Å².